The third-order valence-electron chi connectivity index (χ3n) is 3.95. The van der Waals surface area contributed by atoms with Crippen LogP contribution in [0.15, 0.2) is 18.3 Å². The summed E-state index contributed by atoms with van der Waals surface area (Å²) in [6, 6.07) is 3.31. The van der Waals surface area contributed by atoms with Crippen LogP contribution >= 0.6 is 0 Å². The van der Waals surface area contributed by atoms with Gasteiger partial charge in [-0.1, -0.05) is 40.2 Å². The molecule has 2 atom stereocenters. The standard InChI is InChI=1S/C19H28N2O5/c1-6-8-13(15(16(22)23)17(24)26-7-2)12-9-10-14(20-11-12)21-18(25)19(3,4)5/h9-11,13,15H,6-8H2,1-5H3,(H,22,23)(H,20,21,25). The average molecular weight is 364 g/mol. The minimum absolute atomic E-state index is 0.123. The third-order valence-corrected chi connectivity index (χ3v) is 3.95. The van der Waals surface area contributed by atoms with Crippen molar-refractivity contribution in [3.8, 4) is 0 Å². The Morgan fingerprint density at radius 1 is 1.23 bits per heavy atom. The molecule has 26 heavy (non-hydrogen) atoms. The van der Waals surface area contributed by atoms with Gasteiger partial charge in [-0.25, -0.2) is 4.98 Å². The molecule has 1 aromatic rings. The van der Waals surface area contributed by atoms with E-state index in [1.807, 2.05) is 6.92 Å². The number of carboxylic acids is 1. The third kappa shape index (κ3) is 5.82. The van der Waals surface area contributed by atoms with E-state index in [-0.39, 0.29) is 12.5 Å². The summed E-state index contributed by atoms with van der Waals surface area (Å²) < 4.78 is 4.93. The molecular formula is C19H28N2O5. The van der Waals surface area contributed by atoms with Gasteiger partial charge in [-0.2, -0.15) is 0 Å². The smallest absolute Gasteiger partial charge is 0.320 e. The molecule has 0 aliphatic heterocycles. The SMILES string of the molecule is CCCC(c1ccc(NC(=O)C(C)(C)C)nc1)C(C(=O)O)C(=O)OCC. The number of nitrogens with zero attached hydrogens (tertiary/aromatic N) is 1. The van der Waals surface area contributed by atoms with Gasteiger partial charge in [0, 0.05) is 17.5 Å². The molecule has 1 amide bonds. The van der Waals surface area contributed by atoms with E-state index in [2.05, 4.69) is 10.3 Å². The average Bonchev–Trinajstić information content (AvgIpc) is 2.54. The van der Waals surface area contributed by atoms with E-state index in [0.29, 0.717) is 24.2 Å². The van der Waals surface area contributed by atoms with Crippen molar-refractivity contribution < 1.29 is 24.2 Å². The molecule has 2 N–H and O–H groups in total. The molecule has 0 aliphatic rings. The highest BCUT2D eigenvalue weighted by Gasteiger charge is 2.36. The fourth-order valence-corrected chi connectivity index (χ4v) is 2.51. The van der Waals surface area contributed by atoms with Gasteiger partial charge in [0.2, 0.25) is 5.91 Å². The van der Waals surface area contributed by atoms with Crippen LogP contribution in [-0.2, 0) is 19.1 Å². The van der Waals surface area contributed by atoms with Gasteiger partial charge in [0.1, 0.15) is 5.82 Å². The lowest BCUT2D eigenvalue weighted by Gasteiger charge is -2.23. The van der Waals surface area contributed by atoms with Crippen LogP contribution in [-0.4, -0.2) is 34.5 Å². The van der Waals surface area contributed by atoms with Crippen LogP contribution < -0.4 is 5.32 Å². The molecule has 1 rings (SSSR count). The van der Waals surface area contributed by atoms with Gasteiger partial charge in [0.05, 0.1) is 6.61 Å². The lowest BCUT2D eigenvalue weighted by Crippen LogP contribution is -2.32. The Hall–Kier alpha value is -2.44. The Kier molecular flexibility index (Phi) is 7.74. The number of amides is 1. The van der Waals surface area contributed by atoms with Crippen molar-refractivity contribution in [2.75, 3.05) is 11.9 Å². The largest absolute Gasteiger partial charge is 0.481 e. The van der Waals surface area contributed by atoms with Crippen molar-refractivity contribution in [3.63, 3.8) is 0 Å². The number of carboxylic acid groups (broad SMARTS) is 1. The Labute approximate surface area is 154 Å². The first-order chi connectivity index (χ1) is 12.1. The maximum absolute atomic E-state index is 12.1. The molecule has 0 saturated heterocycles. The Morgan fingerprint density at radius 2 is 1.88 bits per heavy atom. The number of pyridine rings is 1. The maximum Gasteiger partial charge on any atom is 0.320 e. The minimum atomic E-state index is -1.29. The highest BCUT2D eigenvalue weighted by Crippen LogP contribution is 2.31. The Balaban J connectivity index is 3.08. The molecule has 144 valence electrons. The van der Waals surface area contributed by atoms with Gasteiger partial charge in [-0.15, -0.1) is 0 Å². The van der Waals surface area contributed by atoms with Crippen LogP contribution in [0.5, 0.6) is 0 Å². The lowest BCUT2D eigenvalue weighted by atomic mass is 9.83. The first-order valence-corrected chi connectivity index (χ1v) is 8.78. The number of aromatic nitrogens is 1. The second-order valence-electron chi connectivity index (χ2n) is 7.14. The molecule has 7 heteroatoms. The molecule has 0 fully saturated rings. The van der Waals surface area contributed by atoms with E-state index in [4.69, 9.17) is 4.74 Å². The summed E-state index contributed by atoms with van der Waals surface area (Å²) in [4.78, 5) is 40.0. The molecule has 7 nitrogen and oxygen atoms in total. The van der Waals surface area contributed by atoms with Crippen LogP contribution in [0.25, 0.3) is 0 Å². The van der Waals surface area contributed by atoms with Crippen molar-refractivity contribution in [1.82, 2.24) is 4.98 Å². The summed E-state index contributed by atoms with van der Waals surface area (Å²) in [5, 5.41) is 12.2. The molecular weight excluding hydrogens is 336 g/mol. The molecule has 0 aliphatic carbocycles. The molecule has 0 saturated carbocycles. The van der Waals surface area contributed by atoms with E-state index < -0.39 is 29.2 Å². The highest BCUT2D eigenvalue weighted by molar-refractivity contribution is 5.95. The summed E-state index contributed by atoms with van der Waals surface area (Å²) in [7, 11) is 0. The van der Waals surface area contributed by atoms with Crippen molar-refractivity contribution >= 4 is 23.7 Å². The highest BCUT2D eigenvalue weighted by atomic mass is 16.5. The van der Waals surface area contributed by atoms with Crippen LogP contribution in [0.3, 0.4) is 0 Å². The number of hydrogen-bond acceptors (Lipinski definition) is 5. The number of ether oxygens (including phenoxy) is 1. The molecule has 0 bridgehead atoms. The number of esters is 1. The van der Waals surface area contributed by atoms with Crippen LogP contribution in [0.4, 0.5) is 5.82 Å². The van der Waals surface area contributed by atoms with Gasteiger partial charge in [0.15, 0.2) is 5.92 Å². The zero-order valence-corrected chi connectivity index (χ0v) is 16.0. The molecule has 0 spiro atoms. The zero-order chi connectivity index (χ0) is 19.9. The fraction of sp³-hybridized carbons (Fsp3) is 0.579. The van der Waals surface area contributed by atoms with Gasteiger partial charge < -0.3 is 15.2 Å². The summed E-state index contributed by atoms with van der Waals surface area (Å²) in [5.74, 6) is -3.58. The normalized spacial score (nSPS) is 13.6. The Morgan fingerprint density at radius 3 is 2.31 bits per heavy atom. The first-order valence-electron chi connectivity index (χ1n) is 8.78. The molecule has 2 unspecified atom stereocenters. The monoisotopic (exact) mass is 364 g/mol. The number of nitrogens with one attached hydrogen (secondary N) is 1. The first kappa shape index (κ1) is 21.6. The number of aliphatic carboxylic acids is 1. The van der Waals surface area contributed by atoms with Crippen LogP contribution in [0, 0.1) is 11.3 Å². The molecule has 0 radical (unpaired) electrons. The van der Waals surface area contributed by atoms with Crippen molar-refractivity contribution in [2.45, 2.75) is 53.4 Å². The minimum Gasteiger partial charge on any atom is -0.481 e. The van der Waals surface area contributed by atoms with E-state index in [1.165, 1.54) is 6.20 Å². The van der Waals surface area contributed by atoms with Crippen LogP contribution in [0.1, 0.15) is 58.9 Å². The van der Waals surface area contributed by atoms with E-state index >= 15 is 0 Å². The van der Waals surface area contributed by atoms with Crippen molar-refractivity contribution in [3.05, 3.63) is 23.9 Å². The number of carbonyl (C=O) groups is 3. The lowest BCUT2D eigenvalue weighted by molar-refractivity contribution is -0.159. The van der Waals surface area contributed by atoms with Crippen molar-refractivity contribution in [1.29, 1.82) is 0 Å². The summed E-state index contributed by atoms with van der Waals surface area (Å²) in [5.41, 5.74) is 0.0738. The summed E-state index contributed by atoms with van der Waals surface area (Å²) >= 11 is 0. The summed E-state index contributed by atoms with van der Waals surface area (Å²) in [6.07, 6.45) is 2.72. The van der Waals surface area contributed by atoms with E-state index in [9.17, 15) is 19.5 Å². The van der Waals surface area contributed by atoms with E-state index in [0.717, 1.165) is 0 Å². The number of rotatable bonds is 8. The Bertz CT molecular complexity index is 634. The quantitative estimate of drug-likeness (QED) is 0.542. The molecule has 1 heterocycles. The second kappa shape index (κ2) is 9.31. The number of hydrogen-bond donors (Lipinski definition) is 2. The molecule has 0 aromatic carbocycles. The number of anilines is 1. The fourth-order valence-electron chi connectivity index (χ4n) is 2.51. The molecule has 1 aromatic heterocycles. The maximum atomic E-state index is 12.1. The van der Waals surface area contributed by atoms with Gasteiger partial charge in [-0.05, 0) is 25.0 Å². The predicted octanol–water partition coefficient (Wildman–Crippen LogP) is 3.21. The zero-order valence-electron chi connectivity index (χ0n) is 16.0. The van der Waals surface area contributed by atoms with Crippen molar-refractivity contribution in [2.24, 2.45) is 11.3 Å². The van der Waals surface area contributed by atoms with E-state index in [1.54, 1.807) is 39.8 Å². The predicted molar refractivity (Wildman–Crippen MR) is 97.7 cm³/mol. The van der Waals surface area contributed by atoms with Gasteiger partial charge >= 0.3 is 11.9 Å². The van der Waals surface area contributed by atoms with Gasteiger partial charge in [-0.3, -0.25) is 14.4 Å². The second-order valence-corrected chi connectivity index (χ2v) is 7.14. The van der Waals surface area contributed by atoms with Gasteiger partial charge in [0.25, 0.3) is 0 Å². The number of carbonyl (C=O) groups excluding carboxylic acids is 2. The topological polar surface area (TPSA) is 106 Å². The summed E-state index contributed by atoms with van der Waals surface area (Å²) in [6.45, 7) is 9.07. The van der Waals surface area contributed by atoms with Crippen LogP contribution in [0.2, 0.25) is 0 Å².